The molecule has 0 saturated carbocycles. The van der Waals surface area contributed by atoms with Gasteiger partial charge in [-0.15, -0.1) is 0 Å². The lowest BCUT2D eigenvalue weighted by Crippen LogP contribution is -2.36. The molecular weight excluding hydrogens is 333 g/mol. The number of likely N-dealkylation sites (N-methyl/N-ethyl adjacent to an activating group) is 1. The number of halogens is 1. The van der Waals surface area contributed by atoms with Gasteiger partial charge in [0.15, 0.2) is 0 Å². The van der Waals surface area contributed by atoms with E-state index in [0.717, 1.165) is 5.56 Å². The SMILES string of the molecule is CN(C)C(CNC(=O)c1c[nH]c2ccccc2c1=O)c1cccc(F)c1. The second-order valence-electron chi connectivity index (χ2n) is 6.32. The number of carbonyl (C=O) groups excluding carboxylic acids is 1. The van der Waals surface area contributed by atoms with Crippen LogP contribution in [0.15, 0.2) is 59.5 Å². The van der Waals surface area contributed by atoms with Crippen LogP contribution in [0.4, 0.5) is 4.39 Å². The number of benzene rings is 2. The number of aromatic amines is 1. The van der Waals surface area contributed by atoms with E-state index in [1.165, 1.54) is 18.3 Å². The van der Waals surface area contributed by atoms with Gasteiger partial charge in [-0.1, -0.05) is 24.3 Å². The summed E-state index contributed by atoms with van der Waals surface area (Å²) < 4.78 is 13.5. The molecular formula is C20H20FN3O2. The first kappa shape index (κ1) is 17.8. The fraction of sp³-hybridized carbons (Fsp3) is 0.200. The van der Waals surface area contributed by atoms with Crippen molar-refractivity contribution in [3.05, 3.63) is 81.9 Å². The highest BCUT2D eigenvalue weighted by Crippen LogP contribution is 2.18. The van der Waals surface area contributed by atoms with E-state index in [1.54, 1.807) is 24.3 Å². The van der Waals surface area contributed by atoms with Gasteiger partial charge >= 0.3 is 0 Å². The molecule has 1 aromatic heterocycles. The van der Waals surface area contributed by atoms with Gasteiger partial charge in [0.05, 0.1) is 6.04 Å². The van der Waals surface area contributed by atoms with Crippen molar-refractivity contribution in [3.63, 3.8) is 0 Å². The van der Waals surface area contributed by atoms with Crippen LogP contribution in [-0.2, 0) is 0 Å². The molecule has 5 nitrogen and oxygen atoms in total. The number of carbonyl (C=O) groups is 1. The number of hydrogen-bond acceptors (Lipinski definition) is 3. The maximum absolute atomic E-state index is 13.5. The molecule has 0 aliphatic rings. The smallest absolute Gasteiger partial charge is 0.256 e. The fourth-order valence-electron chi connectivity index (χ4n) is 2.93. The molecule has 0 spiro atoms. The number of H-pyrrole nitrogens is 1. The number of para-hydroxylation sites is 1. The van der Waals surface area contributed by atoms with E-state index in [-0.39, 0.29) is 29.4 Å². The minimum Gasteiger partial charge on any atom is -0.360 e. The molecule has 0 radical (unpaired) electrons. The number of rotatable bonds is 5. The van der Waals surface area contributed by atoms with Crippen LogP contribution in [0.3, 0.4) is 0 Å². The standard InChI is InChI=1S/C20H20FN3O2/c1-24(2)18(13-6-5-7-14(21)10-13)12-23-20(26)16-11-22-17-9-4-3-8-15(17)19(16)25/h3-11,18H,12H2,1-2H3,(H,22,25)(H,23,26). The van der Waals surface area contributed by atoms with Gasteiger partial charge in [-0.25, -0.2) is 4.39 Å². The molecule has 26 heavy (non-hydrogen) atoms. The number of aromatic nitrogens is 1. The Morgan fingerprint density at radius 2 is 1.96 bits per heavy atom. The Balaban J connectivity index is 1.81. The van der Waals surface area contributed by atoms with Crippen LogP contribution in [0, 0.1) is 5.82 Å². The average Bonchev–Trinajstić information content (AvgIpc) is 2.62. The van der Waals surface area contributed by atoms with Crippen molar-refractivity contribution in [2.45, 2.75) is 6.04 Å². The first-order valence-corrected chi connectivity index (χ1v) is 8.28. The van der Waals surface area contributed by atoms with E-state index in [9.17, 15) is 14.0 Å². The summed E-state index contributed by atoms with van der Waals surface area (Å²) in [5, 5.41) is 3.25. The molecule has 3 rings (SSSR count). The summed E-state index contributed by atoms with van der Waals surface area (Å²) in [7, 11) is 3.70. The molecule has 0 aliphatic heterocycles. The summed E-state index contributed by atoms with van der Waals surface area (Å²) in [6.45, 7) is 0.252. The Morgan fingerprint density at radius 1 is 1.19 bits per heavy atom. The molecule has 0 saturated heterocycles. The van der Waals surface area contributed by atoms with Crippen LogP contribution in [0.5, 0.6) is 0 Å². The minimum absolute atomic E-state index is 0.0560. The monoisotopic (exact) mass is 353 g/mol. The van der Waals surface area contributed by atoms with Gasteiger partial charge in [0.2, 0.25) is 5.43 Å². The third kappa shape index (κ3) is 3.65. The molecule has 1 amide bonds. The van der Waals surface area contributed by atoms with E-state index >= 15 is 0 Å². The van der Waals surface area contributed by atoms with Crippen LogP contribution >= 0.6 is 0 Å². The summed E-state index contributed by atoms with van der Waals surface area (Å²) in [6.07, 6.45) is 1.42. The number of amides is 1. The number of nitrogens with zero attached hydrogens (tertiary/aromatic N) is 1. The first-order chi connectivity index (χ1) is 12.5. The molecule has 0 aliphatic carbocycles. The summed E-state index contributed by atoms with van der Waals surface area (Å²) in [5.41, 5.74) is 1.17. The Bertz CT molecular complexity index is 998. The normalized spacial score (nSPS) is 12.3. The Labute approximate surface area is 150 Å². The molecule has 3 aromatic rings. The lowest BCUT2D eigenvalue weighted by atomic mass is 10.1. The minimum atomic E-state index is -0.458. The van der Waals surface area contributed by atoms with Crippen LogP contribution < -0.4 is 10.7 Å². The second kappa shape index (κ2) is 7.49. The van der Waals surface area contributed by atoms with Crippen LogP contribution in [0.2, 0.25) is 0 Å². The van der Waals surface area contributed by atoms with Crippen molar-refractivity contribution >= 4 is 16.8 Å². The van der Waals surface area contributed by atoms with Crippen LogP contribution in [-0.4, -0.2) is 36.4 Å². The Morgan fingerprint density at radius 3 is 2.69 bits per heavy atom. The predicted molar refractivity (Wildman–Crippen MR) is 99.7 cm³/mol. The van der Waals surface area contributed by atoms with Gasteiger partial charge in [-0.3, -0.25) is 9.59 Å². The number of pyridine rings is 1. The van der Waals surface area contributed by atoms with Gasteiger partial charge in [-0.05, 0) is 43.9 Å². The van der Waals surface area contributed by atoms with Crippen molar-refractivity contribution in [1.29, 1.82) is 0 Å². The van der Waals surface area contributed by atoms with Gasteiger partial charge in [0.25, 0.3) is 5.91 Å². The molecule has 1 heterocycles. The predicted octanol–water partition coefficient (Wildman–Crippen LogP) is 2.70. The number of hydrogen-bond donors (Lipinski definition) is 2. The summed E-state index contributed by atoms with van der Waals surface area (Å²) in [6, 6.07) is 13.1. The third-order valence-electron chi connectivity index (χ3n) is 4.35. The van der Waals surface area contributed by atoms with Gasteiger partial charge in [-0.2, -0.15) is 0 Å². The van der Waals surface area contributed by atoms with Crippen molar-refractivity contribution < 1.29 is 9.18 Å². The van der Waals surface area contributed by atoms with Crippen molar-refractivity contribution in [2.24, 2.45) is 0 Å². The lowest BCUT2D eigenvalue weighted by molar-refractivity contribution is 0.0940. The summed E-state index contributed by atoms with van der Waals surface area (Å²) in [5.74, 6) is -0.785. The number of nitrogens with one attached hydrogen (secondary N) is 2. The molecule has 134 valence electrons. The van der Waals surface area contributed by atoms with E-state index in [4.69, 9.17) is 0 Å². The topological polar surface area (TPSA) is 65.2 Å². The van der Waals surface area contributed by atoms with Crippen molar-refractivity contribution in [1.82, 2.24) is 15.2 Å². The fourth-order valence-corrected chi connectivity index (χ4v) is 2.93. The van der Waals surface area contributed by atoms with E-state index in [0.29, 0.717) is 10.9 Å². The molecule has 2 N–H and O–H groups in total. The van der Waals surface area contributed by atoms with Gasteiger partial charge < -0.3 is 15.2 Å². The molecule has 6 heteroatoms. The highest BCUT2D eigenvalue weighted by atomic mass is 19.1. The lowest BCUT2D eigenvalue weighted by Gasteiger charge is -2.25. The second-order valence-corrected chi connectivity index (χ2v) is 6.32. The highest BCUT2D eigenvalue weighted by molar-refractivity contribution is 5.97. The zero-order valence-electron chi connectivity index (χ0n) is 14.6. The zero-order valence-corrected chi connectivity index (χ0v) is 14.6. The highest BCUT2D eigenvalue weighted by Gasteiger charge is 2.18. The molecule has 1 atom stereocenters. The maximum atomic E-state index is 13.5. The quantitative estimate of drug-likeness (QED) is 0.741. The van der Waals surface area contributed by atoms with Crippen LogP contribution in [0.25, 0.3) is 10.9 Å². The van der Waals surface area contributed by atoms with Gasteiger partial charge in [0, 0.05) is 23.6 Å². The third-order valence-corrected chi connectivity index (χ3v) is 4.35. The number of fused-ring (bicyclic) bond motifs is 1. The zero-order chi connectivity index (χ0) is 18.7. The molecule has 2 aromatic carbocycles. The summed E-state index contributed by atoms with van der Waals surface area (Å²) >= 11 is 0. The van der Waals surface area contributed by atoms with Crippen molar-refractivity contribution in [2.75, 3.05) is 20.6 Å². The Kier molecular flexibility index (Phi) is 5.14. The first-order valence-electron chi connectivity index (χ1n) is 8.28. The maximum Gasteiger partial charge on any atom is 0.256 e. The Hall–Kier alpha value is -2.99. The average molecular weight is 353 g/mol. The van der Waals surface area contributed by atoms with E-state index < -0.39 is 5.91 Å². The van der Waals surface area contributed by atoms with Crippen molar-refractivity contribution in [3.8, 4) is 0 Å². The molecule has 0 bridgehead atoms. The molecule has 1 unspecified atom stereocenters. The van der Waals surface area contributed by atoms with E-state index in [2.05, 4.69) is 10.3 Å². The van der Waals surface area contributed by atoms with E-state index in [1.807, 2.05) is 31.1 Å². The van der Waals surface area contributed by atoms with Crippen LogP contribution in [0.1, 0.15) is 22.0 Å². The summed E-state index contributed by atoms with van der Waals surface area (Å²) in [4.78, 5) is 29.9. The largest absolute Gasteiger partial charge is 0.360 e. The van der Waals surface area contributed by atoms with Gasteiger partial charge in [0.1, 0.15) is 11.4 Å². The molecule has 0 fully saturated rings.